The van der Waals surface area contributed by atoms with E-state index in [1.54, 1.807) is 42.5 Å². The Morgan fingerprint density at radius 2 is 1.67 bits per heavy atom. The molecule has 1 N–H and O–H groups in total. The highest BCUT2D eigenvalue weighted by atomic mass is 16.5. The van der Waals surface area contributed by atoms with Gasteiger partial charge in [0.05, 0.1) is 5.56 Å². The molecule has 3 aromatic rings. The standard InChI is InChI=1S/C27H24N2O4/c30-25(28-22-10-6-9-20(16-22)26(31)29-13-4-5-14-29)19-11-12-23-21(15-19)17-24(33-27(23)32)18-7-2-1-3-8-18/h1-3,6-12,15-16,24H,4-5,13-14,17H2,(H,28,30)/t24-/m1/s1. The van der Waals surface area contributed by atoms with Crippen molar-refractivity contribution in [2.24, 2.45) is 0 Å². The monoisotopic (exact) mass is 440 g/mol. The molecule has 3 aromatic carbocycles. The van der Waals surface area contributed by atoms with Gasteiger partial charge in [0.25, 0.3) is 11.8 Å². The number of esters is 1. The van der Waals surface area contributed by atoms with Crippen molar-refractivity contribution >= 4 is 23.5 Å². The summed E-state index contributed by atoms with van der Waals surface area (Å²) in [7, 11) is 0. The van der Waals surface area contributed by atoms with Crippen molar-refractivity contribution < 1.29 is 19.1 Å². The Labute approximate surface area is 192 Å². The summed E-state index contributed by atoms with van der Waals surface area (Å²) in [6.07, 6.45) is 2.18. The van der Waals surface area contributed by atoms with Crippen molar-refractivity contribution in [3.63, 3.8) is 0 Å². The highest BCUT2D eigenvalue weighted by Crippen LogP contribution is 2.31. The van der Waals surface area contributed by atoms with Crippen molar-refractivity contribution in [3.8, 4) is 0 Å². The van der Waals surface area contributed by atoms with Crippen molar-refractivity contribution in [1.29, 1.82) is 0 Å². The smallest absolute Gasteiger partial charge is 0.339 e. The molecule has 0 saturated carbocycles. The largest absolute Gasteiger partial charge is 0.454 e. The Morgan fingerprint density at radius 1 is 0.879 bits per heavy atom. The molecule has 33 heavy (non-hydrogen) atoms. The molecule has 0 radical (unpaired) electrons. The van der Waals surface area contributed by atoms with Crippen LogP contribution in [0.4, 0.5) is 5.69 Å². The third kappa shape index (κ3) is 4.37. The molecular weight excluding hydrogens is 416 g/mol. The zero-order chi connectivity index (χ0) is 22.8. The number of ether oxygens (including phenoxy) is 1. The molecule has 1 atom stereocenters. The van der Waals surface area contributed by atoms with Crippen LogP contribution in [0.25, 0.3) is 0 Å². The van der Waals surface area contributed by atoms with Gasteiger partial charge in [-0.2, -0.15) is 0 Å². The molecule has 0 unspecified atom stereocenters. The van der Waals surface area contributed by atoms with Crippen LogP contribution in [-0.2, 0) is 11.2 Å². The molecule has 2 heterocycles. The molecular formula is C27H24N2O4. The lowest BCUT2D eigenvalue weighted by Gasteiger charge is -2.25. The van der Waals surface area contributed by atoms with Crippen LogP contribution in [0.1, 0.15) is 61.1 Å². The molecule has 166 valence electrons. The fraction of sp³-hybridized carbons (Fsp3) is 0.222. The molecule has 0 bridgehead atoms. The van der Waals surface area contributed by atoms with E-state index in [0.29, 0.717) is 28.8 Å². The van der Waals surface area contributed by atoms with Crippen LogP contribution in [0.15, 0.2) is 72.8 Å². The Morgan fingerprint density at radius 3 is 2.45 bits per heavy atom. The molecule has 0 aromatic heterocycles. The summed E-state index contributed by atoms with van der Waals surface area (Å²) in [4.78, 5) is 39.9. The third-order valence-corrected chi connectivity index (χ3v) is 6.17. The van der Waals surface area contributed by atoms with Gasteiger partial charge in [-0.3, -0.25) is 9.59 Å². The Bertz CT molecular complexity index is 1220. The second-order valence-corrected chi connectivity index (χ2v) is 8.41. The molecule has 2 aliphatic heterocycles. The van der Waals surface area contributed by atoms with Gasteiger partial charge in [0.15, 0.2) is 0 Å². The molecule has 2 aliphatic rings. The van der Waals surface area contributed by atoms with Gasteiger partial charge in [-0.15, -0.1) is 0 Å². The van der Waals surface area contributed by atoms with Gasteiger partial charge in [-0.25, -0.2) is 4.79 Å². The summed E-state index contributed by atoms with van der Waals surface area (Å²) in [5.74, 6) is -0.688. The minimum Gasteiger partial charge on any atom is -0.454 e. The lowest BCUT2D eigenvalue weighted by molar-refractivity contribution is 0.0252. The Balaban J connectivity index is 1.34. The zero-order valence-electron chi connectivity index (χ0n) is 18.1. The summed E-state index contributed by atoms with van der Waals surface area (Å²) in [5, 5.41) is 2.88. The highest BCUT2D eigenvalue weighted by molar-refractivity contribution is 6.06. The van der Waals surface area contributed by atoms with E-state index < -0.39 is 0 Å². The van der Waals surface area contributed by atoms with Crippen molar-refractivity contribution in [3.05, 3.63) is 101 Å². The topological polar surface area (TPSA) is 75.7 Å². The van der Waals surface area contributed by atoms with Crippen LogP contribution in [0.2, 0.25) is 0 Å². The average molecular weight is 440 g/mol. The number of rotatable bonds is 4. The van der Waals surface area contributed by atoms with Crippen molar-refractivity contribution in [2.75, 3.05) is 18.4 Å². The normalized spacial score (nSPS) is 17.3. The summed E-state index contributed by atoms with van der Waals surface area (Å²) in [6.45, 7) is 1.55. The minimum absolute atomic E-state index is 0.0113. The number of fused-ring (bicyclic) bond motifs is 1. The maximum Gasteiger partial charge on any atom is 0.339 e. The predicted octanol–water partition coefficient (Wildman–Crippen LogP) is 4.63. The van der Waals surface area contributed by atoms with Crippen LogP contribution < -0.4 is 5.32 Å². The maximum atomic E-state index is 12.9. The number of hydrogen-bond acceptors (Lipinski definition) is 4. The molecule has 5 rings (SSSR count). The average Bonchev–Trinajstić information content (AvgIpc) is 3.39. The van der Waals surface area contributed by atoms with Gasteiger partial charge in [0.2, 0.25) is 0 Å². The number of benzene rings is 3. The summed E-state index contributed by atoms with van der Waals surface area (Å²) >= 11 is 0. The summed E-state index contributed by atoms with van der Waals surface area (Å²) in [5.41, 5.74) is 3.76. The first-order valence-corrected chi connectivity index (χ1v) is 11.2. The van der Waals surface area contributed by atoms with Crippen LogP contribution in [0.5, 0.6) is 0 Å². The third-order valence-electron chi connectivity index (χ3n) is 6.17. The lowest BCUT2D eigenvalue weighted by Crippen LogP contribution is -2.27. The number of hydrogen-bond donors (Lipinski definition) is 1. The molecule has 6 nitrogen and oxygen atoms in total. The zero-order valence-corrected chi connectivity index (χ0v) is 18.1. The number of anilines is 1. The number of nitrogens with one attached hydrogen (secondary N) is 1. The van der Waals surface area contributed by atoms with E-state index in [1.807, 2.05) is 35.2 Å². The van der Waals surface area contributed by atoms with Gasteiger partial charge in [-0.05, 0) is 60.4 Å². The van der Waals surface area contributed by atoms with Crippen LogP contribution >= 0.6 is 0 Å². The van der Waals surface area contributed by atoms with E-state index in [2.05, 4.69) is 5.32 Å². The van der Waals surface area contributed by atoms with E-state index in [0.717, 1.165) is 37.1 Å². The van der Waals surface area contributed by atoms with E-state index in [1.165, 1.54) is 0 Å². The second kappa shape index (κ2) is 8.90. The first-order valence-electron chi connectivity index (χ1n) is 11.2. The second-order valence-electron chi connectivity index (χ2n) is 8.41. The van der Waals surface area contributed by atoms with Crippen LogP contribution in [0, 0.1) is 0 Å². The minimum atomic E-state index is -0.384. The highest BCUT2D eigenvalue weighted by Gasteiger charge is 2.28. The van der Waals surface area contributed by atoms with E-state index in [-0.39, 0.29) is 23.9 Å². The molecule has 0 spiro atoms. The lowest BCUT2D eigenvalue weighted by atomic mass is 9.93. The summed E-state index contributed by atoms with van der Waals surface area (Å²) < 4.78 is 5.60. The van der Waals surface area contributed by atoms with Crippen molar-refractivity contribution in [2.45, 2.75) is 25.4 Å². The molecule has 6 heteroatoms. The van der Waals surface area contributed by atoms with Gasteiger partial charge in [0, 0.05) is 36.3 Å². The molecule has 0 aliphatic carbocycles. The Kier molecular flexibility index (Phi) is 5.65. The maximum absolute atomic E-state index is 12.9. The first kappa shape index (κ1) is 20.9. The van der Waals surface area contributed by atoms with Gasteiger partial charge in [-0.1, -0.05) is 36.4 Å². The number of carbonyl (C=O) groups is 3. The number of nitrogens with zero attached hydrogens (tertiary/aromatic N) is 1. The fourth-order valence-corrected chi connectivity index (χ4v) is 4.43. The number of amides is 2. The molecule has 1 saturated heterocycles. The fourth-order valence-electron chi connectivity index (χ4n) is 4.43. The summed E-state index contributed by atoms with van der Waals surface area (Å²) in [6, 6.07) is 21.6. The molecule has 1 fully saturated rings. The first-order chi connectivity index (χ1) is 16.1. The predicted molar refractivity (Wildman–Crippen MR) is 124 cm³/mol. The quantitative estimate of drug-likeness (QED) is 0.600. The Hall–Kier alpha value is -3.93. The van der Waals surface area contributed by atoms with Gasteiger partial charge in [0.1, 0.15) is 6.10 Å². The number of likely N-dealkylation sites (tertiary alicyclic amines) is 1. The number of cyclic esters (lactones) is 1. The van der Waals surface area contributed by atoms with Gasteiger partial charge < -0.3 is 15.0 Å². The number of carbonyl (C=O) groups excluding carboxylic acids is 3. The van der Waals surface area contributed by atoms with Crippen LogP contribution in [-0.4, -0.2) is 35.8 Å². The van der Waals surface area contributed by atoms with E-state index >= 15 is 0 Å². The van der Waals surface area contributed by atoms with Crippen LogP contribution in [0.3, 0.4) is 0 Å². The van der Waals surface area contributed by atoms with E-state index in [4.69, 9.17) is 4.74 Å². The SMILES string of the molecule is O=C(Nc1cccc(C(=O)N2CCCC2)c1)c1ccc2c(c1)C[C@H](c1ccccc1)OC2=O. The van der Waals surface area contributed by atoms with E-state index in [9.17, 15) is 14.4 Å². The molecule has 2 amide bonds. The van der Waals surface area contributed by atoms with Crippen molar-refractivity contribution in [1.82, 2.24) is 4.90 Å². The van der Waals surface area contributed by atoms with Gasteiger partial charge >= 0.3 is 5.97 Å².